The Morgan fingerprint density at radius 2 is 2.08 bits per heavy atom. The Morgan fingerprint density at radius 3 is 2.83 bits per heavy atom. The van der Waals surface area contributed by atoms with Gasteiger partial charge in [0.15, 0.2) is 0 Å². The lowest BCUT2D eigenvalue weighted by atomic mass is 10.2. The van der Waals surface area contributed by atoms with Gasteiger partial charge in [-0.3, -0.25) is 0 Å². The lowest BCUT2D eigenvalue weighted by Crippen LogP contribution is -2.31. The van der Waals surface area contributed by atoms with Gasteiger partial charge in [0, 0.05) is 35.0 Å². The molecule has 0 amide bonds. The molecule has 0 radical (unpaired) electrons. The molecule has 126 valence electrons. The van der Waals surface area contributed by atoms with Crippen LogP contribution in [0.2, 0.25) is 0 Å². The van der Waals surface area contributed by atoms with Gasteiger partial charge in [-0.1, -0.05) is 0 Å². The zero-order chi connectivity index (χ0) is 17.1. The summed E-state index contributed by atoms with van der Waals surface area (Å²) in [4.78, 5) is 17.1. The minimum absolute atomic E-state index is 0.174. The van der Waals surface area contributed by atoms with E-state index in [1.54, 1.807) is 23.5 Å². The van der Waals surface area contributed by atoms with Crippen LogP contribution < -0.4 is 15.7 Å². The lowest BCUT2D eigenvalue weighted by molar-refractivity contribution is 0.272. The van der Waals surface area contributed by atoms with Crippen LogP contribution in [0.15, 0.2) is 39.5 Å². The van der Waals surface area contributed by atoms with Crippen molar-refractivity contribution in [3.05, 3.63) is 56.3 Å². The molecule has 0 saturated heterocycles. The standard InChI is InChI=1S/C18H20N2O3S/c1-11(19-9-17-20-12(2)13(3)24-17)10-22-15-6-4-14-5-7-18(21)23-16(14)8-15/h4-8,11,19H,9-10H2,1-3H3. The topological polar surface area (TPSA) is 64.4 Å². The van der Waals surface area contributed by atoms with Crippen molar-refractivity contribution < 1.29 is 9.15 Å². The Bertz CT molecular complexity index is 881. The van der Waals surface area contributed by atoms with E-state index in [9.17, 15) is 4.79 Å². The van der Waals surface area contributed by atoms with Crippen molar-refractivity contribution in [2.24, 2.45) is 0 Å². The fourth-order valence-corrected chi connectivity index (χ4v) is 3.17. The van der Waals surface area contributed by atoms with E-state index in [4.69, 9.17) is 9.15 Å². The number of aryl methyl sites for hydroxylation is 2. The van der Waals surface area contributed by atoms with E-state index >= 15 is 0 Å². The van der Waals surface area contributed by atoms with Crippen LogP contribution in [0.25, 0.3) is 11.0 Å². The van der Waals surface area contributed by atoms with Crippen molar-refractivity contribution in [2.75, 3.05) is 6.61 Å². The molecule has 3 rings (SSSR count). The number of thiazole rings is 1. The SMILES string of the molecule is Cc1nc(CNC(C)COc2ccc3ccc(=O)oc3c2)sc1C. The Balaban J connectivity index is 1.55. The first-order valence-electron chi connectivity index (χ1n) is 7.84. The first kappa shape index (κ1) is 16.7. The van der Waals surface area contributed by atoms with E-state index in [1.165, 1.54) is 10.9 Å². The fourth-order valence-electron chi connectivity index (χ4n) is 2.29. The molecule has 2 aromatic heterocycles. The Hall–Kier alpha value is -2.18. The second-order valence-corrected chi connectivity index (χ2v) is 7.08. The van der Waals surface area contributed by atoms with Crippen molar-refractivity contribution in [1.29, 1.82) is 0 Å². The van der Waals surface area contributed by atoms with Crippen molar-refractivity contribution in [2.45, 2.75) is 33.4 Å². The van der Waals surface area contributed by atoms with Crippen molar-refractivity contribution in [3.8, 4) is 5.75 Å². The summed E-state index contributed by atoms with van der Waals surface area (Å²) in [5.74, 6) is 0.687. The average Bonchev–Trinajstić information content (AvgIpc) is 2.88. The molecule has 0 aliphatic carbocycles. The van der Waals surface area contributed by atoms with Gasteiger partial charge in [0.05, 0.1) is 5.69 Å². The number of benzene rings is 1. The zero-order valence-corrected chi connectivity index (χ0v) is 14.8. The highest BCUT2D eigenvalue weighted by molar-refractivity contribution is 7.11. The molecule has 1 unspecified atom stereocenters. The van der Waals surface area contributed by atoms with E-state index in [0.29, 0.717) is 17.9 Å². The number of hydrogen-bond acceptors (Lipinski definition) is 6. The molecule has 6 heteroatoms. The predicted octanol–water partition coefficient (Wildman–Crippen LogP) is 3.42. The molecule has 24 heavy (non-hydrogen) atoms. The maximum absolute atomic E-state index is 11.3. The molecule has 1 N–H and O–H groups in total. The van der Waals surface area contributed by atoms with Crippen molar-refractivity contribution >= 4 is 22.3 Å². The summed E-state index contributed by atoms with van der Waals surface area (Å²) in [6, 6.07) is 8.84. The summed E-state index contributed by atoms with van der Waals surface area (Å²) >= 11 is 1.72. The fraction of sp³-hybridized carbons (Fsp3) is 0.333. The number of fused-ring (bicyclic) bond motifs is 1. The monoisotopic (exact) mass is 344 g/mol. The Morgan fingerprint density at radius 1 is 1.29 bits per heavy atom. The Labute approximate surface area is 144 Å². The molecule has 0 spiro atoms. The highest BCUT2D eigenvalue weighted by atomic mass is 32.1. The summed E-state index contributed by atoms with van der Waals surface area (Å²) < 4.78 is 11.0. The van der Waals surface area contributed by atoms with Crippen LogP contribution in [0.4, 0.5) is 0 Å². The maximum Gasteiger partial charge on any atom is 0.336 e. The summed E-state index contributed by atoms with van der Waals surface area (Å²) in [7, 11) is 0. The zero-order valence-electron chi connectivity index (χ0n) is 14.0. The van der Waals surface area contributed by atoms with Crippen LogP contribution in [0.1, 0.15) is 22.5 Å². The van der Waals surface area contributed by atoms with Crippen LogP contribution in [-0.2, 0) is 6.54 Å². The van der Waals surface area contributed by atoms with Crippen LogP contribution in [0.3, 0.4) is 0 Å². The highest BCUT2D eigenvalue weighted by Gasteiger charge is 2.07. The molecule has 0 aliphatic heterocycles. The summed E-state index contributed by atoms with van der Waals surface area (Å²) in [5, 5.41) is 5.37. The summed E-state index contributed by atoms with van der Waals surface area (Å²) in [6.45, 7) is 7.43. The van der Waals surface area contributed by atoms with Gasteiger partial charge in [-0.2, -0.15) is 0 Å². The molecular weight excluding hydrogens is 324 g/mol. The second kappa shape index (κ2) is 7.15. The van der Waals surface area contributed by atoms with Gasteiger partial charge in [-0.15, -0.1) is 11.3 Å². The van der Waals surface area contributed by atoms with Gasteiger partial charge < -0.3 is 14.5 Å². The molecule has 0 saturated carbocycles. The van der Waals surface area contributed by atoms with Gasteiger partial charge >= 0.3 is 5.63 Å². The minimum atomic E-state index is -0.358. The third-order valence-electron chi connectivity index (χ3n) is 3.77. The lowest BCUT2D eigenvalue weighted by Gasteiger charge is -2.14. The van der Waals surface area contributed by atoms with E-state index < -0.39 is 0 Å². The first-order valence-corrected chi connectivity index (χ1v) is 8.66. The van der Waals surface area contributed by atoms with Crippen LogP contribution in [0, 0.1) is 13.8 Å². The molecule has 3 aromatic rings. The van der Waals surface area contributed by atoms with Gasteiger partial charge in [0.25, 0.3) is 0 Å². The molecule has 5 nitrogen and oxygen atoms in total. The number of rotatable bonds is 6. The van der Waals surface area contributed by atoms with E-state index in [2.05, 4.69) is 24.1 Å². The first-order chi connectivity index (χ1) is 11.5. The smallest absolute Gasteiger partial charge is 0.336 e. The molecular formula is C18H20N2O3S. The third kappa shape index (κ3) is 4.01. The number of hydrogen-bond donors (Lipinski definition) is 1. The molecule has 0 aliphatic rings. The quantitative estimate of drug-likeness (QED) is 0.694. The average molecular weight is 344 g/mol. The molecule has 2 heterocycles. The van der Waals surface area contributed by atoms with E-state index in [-0.39, 0.29) is 11.7 Å². The molecule has 1 aromatic carbocycles. The molecule has 0 fully saturated rings. The normalized spacial score (nSPS) is 12.5. The predicted molar refractivity (Wildman–Crippen MR) is 95.9 cm³/mol. The van der Waals surface area contributed by atoms with Crippen LogP contribution in [-0.4, -0.2) is 17.6 Å². The Kier molecular flexibility index (Phi) is 4.97. The third-order valence-corrected chi connectivity index (χ3v) is 4.84. The van der Waals surface area contributed by atoms with Gasteiger partial charge in [-0.25, -0.2) is 9.78 Å². The minimum Gasteiger partial charge on any atom is -0.492 e. The highest BCUT2D eigenvalue weighted by Crippen LogP contribution is 2.20. The van der Waals surface area contributed by atoms with Crippen molar-refractivity contribution in [3.63, 3.8) is 0 Å². The van der Waals surface area contributed by atoms with E-state index in [0.717, 1.165) is 22.6 Å². The maximum atomic E-state index is 11.3. The van der Waals surface area contributed by atoms with Crippen LogP contribution >= 0.6 is 11.3 Å². The van der Waals surface area contributed by atoms with Gasteiger partial charge in [0.1, 0.15) is 22.9 Å². The molecule has 1 atom stereocenters. The van der Waals surface area contributed by atoms with Crippen molar-refractivity contribution in [1.82, 2.24) is 10.3 Å². The number of nitrogens with zero attached hydrogens (tertiary/aromatic N) is 1. The van der Waals surface area contributed by atoms with E-state index in [1.807, 2.05) is 19.1 Å². The van der Waals surface area contributed by atoms with Gasteiger partial charge in [-0.05, 0) is 39.0 Å². The van der Waals surface area contributed by atoms with Gasteiger partial charge in [0.2, 0.25) is 0 Å². The number of aromatic nitrogens is 1. The number of ether oxygens (including phenoxy) is 1. The summed E-state index contributed by atoms with van der Waals surface area (Å²) in [6.07, 6.45) is 0. The largest absolute Gasteiger partial charge is 0.492 e. The second-order valence-electron chi connectivity index (χ2n) is 5.80. The number of nitrogens with one attached hydrogen (secondary N) is 1. The van der Waals surface area contributed by atoms with Crippen LogP contribution in [0.5, 0.6) is 5.75 Å². The summed E-state index contributed by atoms with van der Waals surface area (Å²) in [5.41, 5.74) is 1.27. The molecule has 0 bridgehead atoms.